The Morgan fingerprint density at radius 2 is 2.00 bits per heavy atom. The van der Waals surface area contributed by atoms with Gasteiger partial charge in [-0.1, -0.05) is 0 Å². The van der Waals surface area contributed by atoms with Crippen LogP contribution in [0.4, 0.5) is 19.1 Å². The zero-order chi connectivity index (χ0) is 13.1. The summed E-state index contributed by atoms with van der Waals surface area (Å²) in [6, 6.07) is 0. The number of anilines is 1. The van der Waals surface area contributed by atoms with Gasteiger partial charge in [0.05, 0.1) is 6.42 Å². The number of carboxylic acids is 1. The lowest BCUT2D eigenvalue weighted by Crippen LogP contribution is -2.14. The average molecular weight is 252 g/mol. The van der Waals surface area contributed by atoms with E-state index in [2.05, 4.69) is 10.1 Å². The lowest BCUT2D eigenvalue weighted by molar-refractivity contribution is -0.144. The maximum Gasteiger partial charge on any atom is 0.451 e. The van der Waals surface area contributed by atoms with E-state index >= 15 is 0 Å². The first-order valence-electron chi connectivity index (χ1n) is 4.30. The minimum absolute atomic E-state index is 0.370. The van der Waals surface area contributed by atoms with Gasteiger partial charge in [-0.05, 0) is 0 Å². The Balaban J connectivity index is 2.55. The number of nitrogens with zero attached hydrogens (tertiary/aromatic N) is 2. The van der Waals surface area contributed by atoms with E-state index in [9.17, 15) is 22.8 Å². The maximum atomic E-state index is 12.1. The molecule has 1 heterocycles. The standard InChI is InChI=1S/C7H7F3N4O3/c8-7(9,10)5-12-6(14-13-5)11-3(15)1-2-4(16)17/h1-2H2,(H,16,17)(H2,11,12,13,14,15). The summed E-state index contributed by atoms with van der Waals surface area (Å²) in [4.78, 5) is 24.1. The summed E-state index contributed by atoms with van der Waals surface area (Å²) in [6.45, 7) is 0. The van der Waals surface area contributed by atoms with E-state index in [1.54, 1.807) is 5.10 Å². The Hall–Kier alpha value is -2.13. The number of carbonyl (C=O) groups is 2. The van der Waals surface area contributed by atoms with Crippen molar-refractivity contribution < 1.29 is 27.9 Å². The Morgan fingerprint density at radius 3 is 2.47 bits per heavy atom. The first kappa shape index (κ1) is 12.9. The highest BCUT2D eigenvalue weighted by Gasteiger charge is 2.35. The molecule has 0 radical (unpaired) electrons. The monoisotopic (exact) mass is 252 g/mol. The third-order valence-corrected chi connectivity index (χ3v) is 1.57. The number of aliphatic carboxylic acids is 1. The number of carboxylic acid groups (broad SMARTS) is 1. The number of aromatic nitrogens is 3. The molecule has 1 amide bonds. The molecule has 0 aliphatic carbocycles. The molecule has 0 saturated heterocycles. The van der Waals surface area contributed by atoms with E-state index in [1.807, 2.05) is 5.32 Å². The van der Waals surface area contributed by atoms with Gasteiger partial charge in [0.25, 0.3) is 0 Å². The summed E-state index contributed by atoms with van der Waals surface area (Å²) < 4.78 is 36.2. The van der Waals surface area contributed by atoms with Gasteiger partial charge in [0.15, 0.2) is 0 Å². The highest BCUT2D eigenvalue weighted by molar-refractivity contribution is 5.90. The van der Waals surface area contributed by atoms with E-state index in [-0.39, 0.29) is 6.42 Å². The molecule has 94 valence electrons. The quantitative estimate of drug-likeness (QED) is 0.728. The number of carbonyl (C=O) groups excluding carboxylic acids is 1. The number of H-pyrrole nitrogens is 1. The minimum Gasteiger partial charge on any atom is -0.481 e. The molecule has 1 aromatic heterocycles. The molecule has 0 aliphatic rings. The molecule has 17 heavy (non-hydrogen) atoms. The van der Waals surface area contributed by atoms with Crippen molar-refractivity contribution in [3.8, 4) is 0 Å². The molecule has 1 aromatic rings. The van der Waals surface area contributed by atoms with Crippen LogP contribution in [0.25, 0.3) is 0 Å². The number of aromatic amines is 1. The second-order valence-corrected chi connectivity index (χ2v) is 2.95. The Bertz CT molecular complexity index is 428. The van der Waals surface area contributed by atoms with Gasteiger partial charge in [-0.2, -0.15) is 18.2 Å². The van der Waals surface area contributed by atoms with Crippen LogP contribution in [0.2, 0.25) is 0 Å². The summed E-state index contributed by atoms with van der Waals surface area (Å²) in [7, 11) is 0. The van der Waals surface area contributed by atoms with E-state index in [1.165, 1.54) is 0 Å². The van der Waals surface area contributed by atoms with E-state index in [0.717, 1.165) is 0 Å². The van der Waals surface area contributed by atoms with Crippen LogP contribution in [0, 0.1) is 0 Å². The summed E-state index contributed by atoms with van der Waals surface area (Å²) in [5.41, 5.74) is 0. The Morgan fingerprint density at radius 1 is 1.35 bits per heavy atom. The number of rotatable bonds is 4. The SMILES string of the molecule is O=C(O)CCC(=O)Nc1n[nH]c(C(F)(F)F)n1. The fraction of sp³-hybridized carbons (Fsp3) is 0.429. The number of alkyl halides is 3. The maximum absolute atomic E-state index is 12.1. The highest BCUT2D eigenvalue weighted by Crippen LogP contribution is 2.26. The molecular weight excluding hydrogens is 245 g/mol. The molecule has 0 aromatic carbocycles. The van der Waals surface area contributed by atoms with Crippen LogP contribution in [0.15, 0.2) is 0 Å². The highest BCUT2D eigenvalue weighted by atomic mass is 19.4. The summed E-state index contributed by atoms with van der Waals surface area (Å²) >= 11 is 0. The molecule has 10 heteroatoms. The fourth-order valence-corrected chi connectivity index (χ4v) is 0.852. The van der Waals surface area contributed by atoms with Crippen LogP contribution in [0.5, 0.6) is 0 Å². The molecule has 0 saturated carbocycles. The van der Waals surface area contributed by atoms with Crippen molar-refractivity contribution in [2.24, 2.45) is 0 Å². The number of halogens is 3. The second kappa shape index (κ2) is 4.80. The Labute approximate surface area is 92.0 Å². The van der Waals surface area contributed by atoms with E-state index in [0.29, 0.717) is 0 Å². The smallest absolute Gasteiger partial charge is 0.451 e. The number of amides is 1. The molecule has 0 fully saturated rings. The normalized spacial score (nSPS) is 11.2. The number of hydrogen-bond donors (Lipinski definition) is 3. The summed E-state index contributed by atoms with van der Waals surface area (Å²) in [5.74, 6) is -3.86. The van der Waals surface area contributed by atoms with Crippen LogP contribution < -0.4 is 5.32 Å². The van der Waals surface area contributed by atoms with Gasteiger partial charge < -0.3 is 5.11 Å². The van der Waals surface area contributed by atoms with E-state index in [4.69, 9.17) is 5.11 Å². The van der Waals surface area contributed by atoms with Crippen molar-refractivity contribution in [2.75, 3.05) is 5.32 Å². The molecule has 7 nitrogen and oxygen atoms in total. The van der Waals surface area contributed by atoms with Gasteiger partial charge in [0, 0.05) is 6.42 Å². The van der Waals surface area contributed by atoms with Gasteiger partial charge in [-0.3, -0.25) is 20.0 Å². The molecule has 0 aliphatic heterocycles. The summed E-state index contributed by atoms with van der Waals surface area (Å²) in [6.07, 6.45) is -5.48. The molecule has 0 bridgehead atoms. The molecule has 0 spiro atoms. The largest absolute Gasteiger partial charge is 0.481 e. The van der Waals surface area contributed by atoms with Gasteiger partial charge in [0.1, 0.15) is 0 Å². The van der Waals surface area contributed by atoms with Crippen molar-refractivity contribution in [3.63, 3.8) is 0 Å². The predicted octanol–water partition coefficient (Wildman–Crippen LogP) is 0.627. The topological polar surface area (TPSA) is 108 Å². The first-order chi connectivity index (χ1) is 7.79. The average Bonchev–Trinajstić information content (AvgIpc) is 2.62. The second-order valence-electron chi connectivity index (χ2n) is 2.95. The van der Waals surface area contributed by atoms with Gasteiger partial charge >= 0.3 is 12.1 Å². The van der Waals surface area contributed by atoms with Gasteiger partial charge in [-0.25, -0.2) is 0 Å². The predicted molar refractivity (Wildman–Crippen MR) is 46.9 cm³/mol. The zero-order valence-electron chi connectivity index (χ0n) is 8.21. The van der Waals surface area contributed by atoms with Crippen LogP contribution in [-0.2, 0) is 15.8 Å². The van der Waals surface area contributed by atoms with E-state index < -0.39 is 36.2 Å². The van der Waals surface area contributed by atoms with Crippen LogP contribution in [0.3, 0.4) is 0 Å². The number of hydrogen-bond acceptors (Lipinski definition) is 4. The minimum atomic E-state index is -4.68. The van der Waals surface area contributed by atoms with Crippen molar-refractivity contribution >= 4 is 17.8 Å². The van der Waals surface area contributed by atoms with Crippen molar-refractivity contribution in [3.05, 3.63) is 5.82 Å². The Kier molecular flexibility index (Phi) is 3.66. The molecular formula is C7H7F3N4O3. The van der Waals surface area contributed by atoms with Crippen molar-refractivity contribution in [1.29, 1.82) is 0 Å². The van der Waals surface area contributed by atoms with Crippen LogP contribution >= 0.6 is 0 Å². The fourth-order valence-electron chi connectivity index (χ4n) is 0.852. The van der Waals surface area contributed by atoms with Crippen LogP contribution in [-0.4, -0.2) is 32.2 Å². The lowest BCUT2D eigenvalue weighted by Gasteiger charge is -1.99. The first-order valence-corrected chi connectivity index (χ1v) is 4.30. The molecule has 3 N–H and O–H groups in total. The summed E-state index contributed by atoms with van der Waals surface area (Å²) in [5, 5.41) is 14.9. The van der Waals surface area contributed by atoms with Gasteiger partial charge in [-0.15, -0.1) is 5.10 Å². The molecule has 0 unspecified atom stereocenters. The number of nitrogens with one attached hydrogen (secondary N) is 2. The third kappa shape index (κ3) is 4.09. The molecule has 0 atom stereocenters. The van der Waals surface area contributed by atoms with Crippen molar-refractivity contribution in [1.82, 2.24) is 15.2 Å². The zero-order valence-corrected chi connectivity index (χ0v) is 8.21. The third-order valence-electron chi connectivity index (χ3n) is 1.57. The van der Waals surface area contributed by atoms with Crippen LogP contribution in [0.1, 0.15) is 18.7 Å². The van der Waals surface area contributed by atoms with Crippen molar-refractivity contribution in [2.45, 2.75) is 19.0 Å². The van der Waals surface area contributed by atoms with Gasteiger partial charge in [0.2, 0.25) is 17.7 Å². The molecule has 1 rings (SSSR count). The lowest BCUT2D eigenvalue weighted by atomic mass is 10.3.